The van der Waals surface area contributed by atoms with E-state index in [-0.39, 0.29) is 24.8 Å². The van der Waals surface area contributed by atoms with Gasteiger partial charge in [-0.2, -0.15) is 0 Å². The fourth-order valence-corrected chi connectivity index (χ4v) is 24.8. The van der Waals surface area contributed by atoms with Crippen molar-refractivity contribution in [3.8, 4) is 11.1 Å². The van der Waals surface area contributed by atoms with E-state index in [1.165, 1.54) is 65.7 Å². The Labute approximate surface area is 296 Å². The van der Waals surface area contributed by atoms with Gasteiger partial charge in [0.25, 0.3) is 0 Å². The molecular formula is C45H38Cl2Zr. The topological polar surface area (TPSA) is 0 Å². The van der Waals surface area contributed by atoms with Crippen LogP contribution in [0.15, 0.2) is 161 Å². The number of hydrogen-bond donors (Lipinski definition) is 0. The molecule has 0 radical (unpaired) electrons. The van der Waals surface area contributed by atoms with Crippen molar-refractivity contribution >= 4 is 64.6 Å². The third kappa shape index (κ3) is 5.02. The summed E-state index contributed by atoms with van der Waals surface area (Å²) < 4.78 is 10.9. The molecule has 0 heterocycles. The number of allylic oxidation sites excluding steroid dienone is 4. The number of fused-ring (bicyclic) bond motifs is 7. The average molecular weight is 741 g/mol. The first-order valence-electron chi connectivity index (χ1n) is 16.6. The third-order valence-electron chi connectivity index (χ3n) is 11.1. The summed E-state index contributed by atoms with van der Waals surface area (Å²) in [7, 11) is 0. The predicted octanol–water partition coefficient (Wildman–Crippen LogP) is 11.6. The van der Waals surface area contributed by atoms with Crippen LogP contribution in [0.25, 0.3) is 43.4 Å². The van der Waals surface area contributed by atoms with Crippen molar-refractivity contribution in [2.24, 2.45) is 0 Å². The summed E-state index contributed by atoms with van der Waals surface area (Å²) in [5.74, 6) is 0. The fourth-order valence-electron chi connectivity index (χ4n) is 8.96. The maximum atomic E-state index is 5.78. The molecule has 7 aromatic carbocycles. The van der Waals surface area contributed by atoms with Gasteiger partial charge in [-0.3, -0.25) is 0 Å². The zero-order chi connectivity index (χ0) is 30.7. The second-order valence-electron chi connectivity index (χ2n) is 13.7. The predicted molar refractivity (Wildman–Crippen MR) is 211 cm³/mol. The molecule has 9 rings (SSSR count). The fraction of sp³-hybridized carbons (Fsp3) is 0.0889. The quantitative estimate of drug-likeness (QED) is 0.159. The second kappa shape index (κ2) is 12.5. The minimum absolute atomic E-state index is 0. The van der Waals surface area contributed by atoms with Gasteiger partial charge in [-0.1, -0.05) is 0 Å². The first-order chi connectivity index (χ1) is 22.6. The standard InChI is InChI=1S/C17H11.2C11H9.C5H5.CH2.2ClH.Zr/c1-3-7-14-12(5-1)9-10-16-15-8-4-2-6-13(15)11-17(14)16;2*1-9-5-4-7-10-6-2-3-8-11(9)10;1-2-4-5-3-1;;;;/h1-6,8-10H,11H2;2*2-8H,1H2;1-3H,4H2;1H2;2*1H;. The van der Waals surface area contributed by atoms with Crippen molar-refractivity contribution in [3.05, 3.63) is 183 Å². The van der Waals surface area contributed by atoms with Gasteiger partial charge in [0.1, 0.15) is 0 Å². The Morgan fingerprint density at radius 3 is 1.79 bits per heavy atom. The van der Waals surface area contributed by atoms with E-state index < -0.39 is 18.3 Å². The molecule has 0 bridgehead atoms. The molecule has 0 saturated carbocycles. The van der Waals surface area contributed by atoms with E-state index in [0.717, 1.165) is 21.1 Å². The van der Waals surface area contributed by atoms with Crippen LogP contribution in [0.3, 0.4) is 0 Å². The molecule has 0 unspecified atom stereocenters. The van der Waals surface area contributed by atoms with Gasteiger partial charge >= 0.3 is 274 Å². The van der Waals surface area contributed by atoms with E-state index in [1.807, 2.05) is 0 Å². The van der Waals surface area contributed by atoms with Crippen molar-refractivity contribution in [2.75, 3.05) is 0 Å². The van der Waals surface area contributed by atoms with E-state index >= 15 is 0 Å². The first-order valence-corrected chi connectivity index (χ1v) is 24.2. The summed E-state index contributed by atoms with van der Waals surface area (Å²) in [6.45, 7) is 0. The van der Waals surface area contributed by atoms with Crippen LogP contribution in [-0.2, 0) is 33.0 Å². The molecule has 0 nitrogen and oxygen atoms in total. The molecule has 0 atom stereocenters. The van der Waals surface area contributed by atoms with Crippen LogP contribution in [0.5, 0.6) is 0 Å². The molecule has 0 aromatic heterocycles. The normalized spacial score (nSPS) is 13.6. The zero-order valence-corrected chi connectivity index (χ0v) is 31.0. The molecule has 0 amide bonds. The molecule has 0 N–H and O–H groups in total. The van der Waals surface area contributed by atoms with Crippen LogP contribution >= 0.6 is 24.8 Å². The summed E-state index contributed by atoms with van der Waals surface area (Å²) >= 11 is -4.60. The molecular weight excluding hydrogens is 703 g/mol. The molecule has 0 saturated heterocycles. The van der Waals surface area contributed by atoms with Crippen molar-refractivity contribution in [2.45, 2.75) is 21.1 Å². The number of halogens is 2. The molecule has 2 aliphatic carbocycles. The van der Waals surface area contributed by atoms with Crippen LogP contribution in [0.2, 0.25) is 0 Å². The summed E-state index contributed by atoms with van der Waals surface area (Å²) in [5.41, 5.74) is 8.56. The average Bonchev–Trinajstić information content (AvgIpc) is 3.78. The van der Waals surface area contributed by atoms with Gasteiger partial charge in [-0.15, -0.1) is 24.8 Å². The van der Waals surface area contributed by atoms with Crippen LogP contribution in [0.4, 0.5) is 0 Å². The molecule has 7 aromatic rings. The van der Waals surface area contributed by atoms with Gasteiger partial charge in [0.15, 0.2) is 0 Å². The maximum absolute atomic E-state index is 5.78. The van der Waals surface area contributed by atoms with Gasteiger partial charge in [0, 0.05) is 0 Å². The Hall–Kier alpha value is -3.87. The van der Waals surface area contributed by atoms with E-state index in [0.29, 0.717) is 0 Å². The van der Waals surface area contributed by atoms with Gasteiger partial charge in [0.2, 0.25) is 0 Å². The summed E-state index contributed by atoms with van der Waals surface area (Å²) in [4.78, 5) is 0. The first kappa shape index (κ1) is 32.7. The molecule has 48 heavy (non-hydrogen) atoms. The van der Waals surface area contributed by atoms with Gasteiger partial charge < -0.3 is 0 Å². The summed E-state index contributed by atoms with van der Waals surface area (Å²) in [5, 5.41) is 8.14. The Kier molecular flexibility index (Phi) is 8.54. The van der Waals surface area contributed by atoms with Crippen molar-refractivity contribution in [3.63, 3.8) is 0 Å². The second-order valence-corrected chi connectivity index (χ2v) is 27.9. The molecule has 0 spiro atoms. The Morgan fingerprint density at radius 1 is 0.542 bits per heavy atom. The monoisotopic (exact) mass is 738 g/mol. The Morgan fingerprint density at radius 2 is 1.12 bits per heavy atom. The Bertz CT molecular complexity index is 2400. The molecule has 3 heteroatoms. The van der Waals surface area contributed by atoms with E-state index in [1.54, 1.807) is 6.55 Å². The number of benzene rings is 7. The molecule has 236 valence electrons. The van der Waals surface area contributed by atoms with Crippen molar-refractivity contribution in [1.29, 1.82) is 0 Å². The third-order valence-corrected chi connectivity index (χ3v) is 26.8. The minimum atomic E-state index is -4.60. The number of rotatable bonds is 6. The van der Waals surface area contributed by atoms with Gasteiger partial charge in [-0.05, 0) is 0 Å². The molecule has 2 aliphatic rings. The van der Waals surface area contributed by atoms with Crippen LogP contribution in [0.1, 0.15) is 28.7 Å². The van der Waals surface area contributed by atoms with E-state index in [4.69, 9.17) is 4.21 Å². The number of hydrogen-bond acceptors (Lipinski definition) is 0. The van der Waals surface area contributed by atoms with Crippen LogP contribution in [0, 0.1) is 0 Å². The molecule has 0 fully saturated rings. The van der Waals surface area contributed by atoms with E-state index in [2.05, 4.69) is 158 Å². The SMILES string of the molecule is Cl.Cl.[CH2]=[Zr]([CH2]c1cccc2ccccc12)([CH2]c1cccc2ccccc12)([C]1=CC=CC1)[c]1cccc2ccc3c(c12)Cc1ccccc1-3. The van der Waals surface area contributed by atoms with Gasteiger partial charge in [-0.25, -0.2) is 0 Å². The Balaban J connectivity index is 0.00000182. The van der Waals surface area contributed by atoms with Crippen LogP contribution in [-0.4, -0.2) is 4.21 Å². The summed E-state index contributed by atoms with van der Waals surface area (Å²) in [6.07, 6.45) is 9.09. The van der Waals surface area contributed by atoms with Gasteiger partial charge in [0.05, 0.1) is 0 Å². The van der Waals surface area contributed by atoms with Crippen molar-refractivity contribution in [1.82, 2.24) is 0 Å². The van der Waals surface area contributed by atoms with Crippen LogP contribution < -0.4 is 3.27 Å². The van der Waals surface area contributed by atoms with E-state index in [9.17, 15) is 0 Å². The molecule has 0 aliphatic heterocycles. The zero-order valence-electron chi connectivity index (χ0n) is 26.9. The van der Waals surface area contributed by atoms with Crippen molar-refractivity contribution < 1.29 is 18.3 Å². The summed E-state index contributed by atoms with van der Waals surface area (Å²) in [6, 6.07) is 52.6.